The van der Waals surface area contributed by atoms with Gasteiger partial charge in [0.05, 0.1) is 11.8 Å². The van der Waals surface area contributed by atoms with Crippen molar-refractivity contribution in [2.45, 2.75) is 38.3 Å². The molecular formula is C18H20F3N5. The molecule has 0 atom stereocenters. The van der Waals surface area contributed by atoms with Crippen LogP contribution in [0, 0.1) is 0 Å². The average Bonchev–Trinajstić information content (AvgIpc) is 2.63. The number of aromatic nitrogens is 3. The lowest BCUT2D eigenvalue weighted by Crippen LogP contribution is -2.08. The van der Waals surface area contributed by atoms with Gasteiger partial charge in [0.15, 0.2) is 5.82 Å². The van der Waals surface area contributed by atoms with Gasteiger partial charge in [-0.3, -0.25) is 0 Å². The SMILES string of the molecule is FC(F)(F)c1ccc(Nc2nncc(NCCC3=CCCCC3)n2)cc1. The standard InChI is InChI=1S/C18H20F3N5/c19-18(20,21)14-6-8-15(9-7-14)24-17-25-16(12-23-26-17)22-11-10-13-4-2-1-3-5-13/h4,6-9,12H,1-3,5,10-11H2,(H2,22,24,25,26). The third kappa shape index (κ3) is 5.18. The number of halogens is 3. The molecule has 0 unspecified atom stereocenters. The van der Waals surface area contributed by atoms with E-state index in [1.807, 2.05) is 0 Å². The van der Waals surface area contributed by atoms with Crippen molar-refractivity contribution < 1.29 is 13.2 Å². The average molecular weight is 363 g/mol. The highest BCUT2D eigenvalue weighted by molar-refractivity contribution is 5.54. The van der Waals surface area contributed by atoms with Crippen molar-refractivity contribution in [2.24, 2.45) is 0 Å². The van der Waals surface area contributed by atoms with E-state index >= 15 is 0 Å². The number of benzene rings is 1. The first kappa shape index (κ1) is 18.2. The van der Waals surface area contributed by atoms with Crippen LogP contribution in [0.25, 0.3) is 0 Å². The molecule has 3 rings (SSSR count). The second kappa shape index (κ2) is 8.16. The Hall–Kier alpha value is -2.64. The van der Waals surface area contributed by atoms with Gasteiger partial charge in [0.25, 0.3) is 0 Å². The smallest absolute Gasteiger partial charge is 0.368 e. The maximum absolute atomic E-state index is 12.6. The molecule has 1 aromatic heterocycles. The molecule has 1 heterocycles. The molecule has 2 N–H and O–H groups in total. The first-order valence-corrected chi connectivity index (χ1v) is 8.56. The number of allylic oxidation sites excluding steroid dienone is 1. The van der Waals surface area contributed by atoms with Crippen LogP contribution in [0.15, 0.2) is 42.1 Å². The zero-order valence-corrected chi connectivity index (χ0v) is 14.2. The molecule has 0 radical (unpaired) electrons. The van der Waals surface area contributed by atoms with Crippen molar-refractivity contribution in [3.63, 3.8) is 0 Å². The Morgan fingerprint density at radius 1 is 1.08 bits per heavy atom. The third-order valence-corrected chi connectivity index (χ3v) is 4.16. The van der Waals surface area contributed by atoms with Crippen molar-refractivity contribution in [3.8, 4) is 0 Å². The molecule has 0 fully saturated rings. The van der Waals surface area contributed by atoms with Gasteiger partial charge in [0.2, 0.25) is 5.95 Å². The predicted molar refractivity (Wildman–Crippen MR) is 94.2 cm³/mol. The monoisotopic (exact) mass is 363 g/mol. The summed E-state index contributed by atoms with van der Waals surface area (Å²) in [4.78, 5) is 4.28. The van der Waals surface area contributed by atoms with Crippen LogP contribution in [0.3, 0.4) is 0 Å². The normalized spacial score (nSPS) is 14.7. The molecule has 8 heteroatoms. The highest BCUT2D eigenvalue weighted by atomic mass is 19.4. The van der Waals surface area contributed by atoms with E-state index in [2.05, 4.69) is 31.9 Å². The van der Waals surface area contributed by atoms with Gasteiger partial charge < -0.3 is 10.6 Å². The first-order chi connectivity index (χ1) is 12.5. The Morgan fingerprint density at radius 3 is 2.58 bits per heavy atom. The topological polar surface area (TPSA) is 62.7 Å². The molecule has 1 aliphatic rings. The van der Waals surface area contributed by atoms with Crippen molar-refractivity contribution in [2.75, 3.05) is 17.2 Å². The molecule has 5 nitrogen and oxygen atoms in total. The number of nitrogens with zero attached hydrogens (tertiary/aromatic N) is 3. The fourth-order valence-corrected chi connectivity index (χ4v) is 2.80. The molecule has 26 heavy (non-hydrogen) atoms. The van der Waals surface area contributed by atoms with Gasteiger partial charge in [-0.1, -0.05) is 11.6 Å². The predicted octanol–water partition coefficient (Wildman–Crippen LogP) is 4.94. The summed E-state index contributed by atoms with van der Waals surface area (Å²) >= 11 is 0. The summed E-state index contributed by atoms with van der Waals surface area (Å²) in [6.07, 6.45) is 5.28. The van der Waals surface area contributed by atoms with Gasteiger partial charge in [-0.2, -0.15) is 23.3 Å². The molecule has 0 spiro atoms. The van der Waals surface area contributed by atoms with Crippen LogP contribution in [0.2, 0.25) is 0 Å². The number of hydrogen-bond acceptors (Lipinski definition) is 5. The lowest BCUT2D eigenvalue weighted by atomic mass is 9.97. The van der Waals surface area contributed by atoms with E-state index in [-0.39, 0.29) is 5.95 Å². The van der Waals surface area contributed by atoms with Gasteiger partial charge in [-0.05, 0) is 56.4 Å². The number of hydrogen-bond donors (Lipinski definition) is 2. The van der Waals surface area contributed by atoms with E-state index in [9.17, 15) is 13.2 Å². The van der Waals surface area contributed by atoms with Gasteiger partial charge >= 0.3 is 6.18 Å². The lowest BCUT2D eigenvalue weighted by molar-refractivity contribution is -0.137. The van der Waals surface area contributed by atoms with E-state index < -0.39 is 11.7 Å². The fraction of sp³-hybridized carbons (Fsp3) is 0.389. The summed E-state index contributed by atoms with van der Waals surface area (Å²) < 4.78 is 37.8. The largest absolute Gasteiger partial charge is 0.416 e. The van der Waals surface area contributed by atoms with Crippen LogP contribution in [-0.2, 0) is 6.18 Å². The van der Waals surface area contributed by atoms with E-state index in [1.165, 1.54) is 36.7 Å². The molecule has 0 saturated carbocycles. The minimum atomic E-state index is -4.35. The second-order valence-electron chi connectivity index (χ2n) is 6.15. The number of anilines is 3. The second-order valence-corrected chi connectivity index (χ2v) is 6.15. The minimum Gasteiger partial charge on any atom is -0.368 e. The van der Waals surface area contributed by atoms with Crippen molar-refractivity contribution in [1.29, 1.82) is 0 Å². The summed E-state index contributed by atoms with van der Waals surface area (Å²) in [6.45, 7) is 0.754. The molecule has 2 aromatic rings. The molecule has 0 bridgehead atoms. The van der Waals surface area contributed by atoms with Crippen LogP contribution in [-0.4, -0.2) is 21.7 Å². The summed E-state index contributed by atoms with van der Waals surface area (Å²) in [5.41, 5.74) is 1.23. The van der Waals surface area contributed by atoms with E-state index in [4.69, 9.17) is 0 Å². The summed E-state index contributed by atoms with van der Waals surface area (Å²) in [6, 6.07) is 4.69. The molecular weight excluding hydrogens is 343 g/mol. The summed E-state index contributed by atoms with van der Waals surface area (Å²) in [5.74, 6) is 0.803. The van der Waals surface area contributed by atoms with E-state index in [0.717, 1.165) is 37.9 Å². The molecule has 1 aliphatic carbocycles. The Labute approximate surface area is 149 Å². The van der Waals surface area contributed by atoms with Crippen LogP contribution in [0.4, 0.5) is 30.6 Å². The van der Waals surface area contributed by atoms with Gasteiger partial charge in [0.1, 0.15) is 0 Å². The van der Waals surface area contributed by atoms with Crippen molar-refractivity contribution in [3.05, 3.63) is 47.7 Å². The number of nitrogens with one attached hydrogen (secondary N) is 2. The Balaban J connectivity index is 1.56. The molecule has 0 saturated heterocycles. The quantitative estimate of drug-likeness (QED) is 0.712. The van der Waals surface area contributed by atoms with E-state index in [0.29, 0.717) is 11.5 Å². The number of rotatable bonds is 6. The van der Waals surface area contributed by atoms with Crippen LogP contribution in [0.5, 0.6) is 0 Å². The highest BCUT2D eigenvalue weighted by Crippen LogP contribution is 2.30. The molecule has 1 aromatic carbocycles. The van der Waals surface area contributed by atoms with Crippen molar-refractivity contribution in [1.82, 2.24) is 15.2 Å². The Bertz CT molecular complexity index is 756. The van der Waals surface area contributed by atoms with Crippen LogP contribution in [0.1, 0.15) is 37.7 Å². The molecule has 0 amide bonds. The van der Waals surface area contributed by atoms with Gasteiger partial charge in [0, 0.05) is 12.2 Å². The maximum atomic E-state index is 12.6. The van der Waals surface area contributed by atoms with Crippen LogP contribution < -0.4 is 10.6 Å². The first-order valence-electron chi connectivity index (χ1n) is 8.56. The minimum absolute atomic E-state index is 0.228. The lowest BCUT2D eigenvalue weighted by Gasteiger charge is -2.13. The zero-order chi connectivity index (χ0) is 18.4. The van der Waals surface area contributed by atoms with Crippen molar-refractivity contribution >= 4 is 17.5 Å². The molecule has 138 valence electrons. The van der Waals surface area contributed by atoms with Gasteiger partial charge in [-0.25, -0.2) is 0 Å². The molecule has 0 aliphatic heterocycles. The summed E-state index contributed by atoms with van der Waals surface area (Å²) in [5, 5.41) is 13.8. The third-order valence-electron chi connectivity index (χ3n) is 4.16. The Kier molecular flexibility index (Phi) is 5.70. The maximum Gasteiger partial charge on any atom is 0.416 e. The van der Waals surface area contributed by atoms with Crippen LogP contribution >= 0.6 is 0 Å². The fourth-order valence-electron chi connectivity index (χ4n) is 2.80. The Morgan fingerprint density at radius 2 is 1.88 bits per heavy atom. The van der Waals surface area contributed by atoms with E-state index in [1.54, 1.807) is 0 Å². The van der Waals surface area contributed by atoms with Gasteiger partial charge in [-0.15, -0.1) is 5.10 Å². The zero-order valence-electron chi connectivity index (χ0n) is 14.2. The summed E-state index contributed by atoms with van der Waals surface area (Å²) in [7, 11) is 0. The highest BCUT2D eigenvalue weighted by Gasteiger charge is 2.29. The number of alkyl halides is 3.